The summed E-state index contributed by atoms with van der Waals surface area (Å²) in [5.41, 5.74) is 1.47. The summed E-state index contributed by atoms with van der Waals surface area (Å²) in [7, 11) is -3.46. The molecule has 26 heavy (non-hydrogen) atoms. The second kappa shape index (κ2) is 8.31. The van der Waals surface area contributed by atoms with E-state index in [0.29, 0.717) is 22.2 Å². The Bertz CT molecular complexity index is 962. The fraction of sp³-hybridized carbons (Fsp3) is 0.105. The molecule has 0 spiro atoms. The van der Waals surface area contributed by atoms with Crippen LogP contribution in [0.1, 0.15) is 11.1 Å². The number of hydrogen-bond donors (Lipinski definition) is 1. The van der Waals surface area contributed by atoms with Gasteiger partial charge in [-0.25, -0.2) is 18.1 Å². The number of sulfonamides is 1. The van der Waals surface area contributed by atoms with Crippen molar-refractivity contribution in [3.8, 4) is 11.6 Å². The lowest BCUT2D eigenvalue weighted by Crippen LogP contribution is -2.24. The van der Waals surface area contributed by atoms with Crippen LogP contribution in [0, 0.1) is 0 Å². The normalized spacial score (nSPS) is 11.3. The first-order valence-electron chi connectivity index (χ1n) is 7.90. The number of ether oxygens (including phenoxy) is 1. The van der Waals surface area contributed by atoms with E-state index in [-0.39, 0.29) is 12.3 Å². The van der Waals surface area contributed by atoms with E-state index >= 15 is 0 Å². The number of benzene rings is 2. The molecule has 0 bridgehead atoms. The zero-order chi connectivity index (χ0) is 18.4. The van der Waals surface area contributed by atoms with E-state index in [2.05, 4.69) is 9.71 Å². The summed E-state index contributed by atoms with van der Waals surface area (Å²) in [6, 6.07) is 19.3. The smallest absolute Gasteiger partial charge is 0.219 e. The number of halogens is 1. The van der Waals surface area contributed by atoms with Crippen LogP contribution in [0.25, 0.3) is 0 Å². The SMILES string of the molecule is O=S(=O)(Cc1ccc(Cl)cc1)NCc1cccc(Oc2ccccn2)c1. The third kappa shape index (κ3) is 5.56. The van der Waals surface area contributed by atoms with Gasteiger partial charge in [-0.2, -0.15) is 0 Å². The van der Waals surface area contributed by atoms with Gasteiger partial charge in [0.15, 0.2) is 0 Å². The number of nitrogens with one attached hydrogen (secondary N) is 1. The van der Waals surface area contributed by atoms with Crippen molar-refractivity contribution < 1.29 is 13.2 Å². The molecule has 1 heterocycles. The van der Waals surface area contributed by atoms with E-state index in [1.54, 1.807) is 60.8 Å². The van der Waals surface area contributed by atoms with E-state index in [1.807, 2.05) is 12.1 Å². The largest absolute Gasteiger partial charge is 0.439 e. The summed E-state index contributed by atoms with van der Waals surface area (Å²) in [6.07, 6.45) is 1.64. The molecule has 5 nitrogen and oxygen atoms in total. The Balaban J connectivity index is 1.62. The van der Waals surface area contributed by atoms with Crippen LogP contribution in [0.3, 0.4) is 0 Å². The second-order valence-electron chi connectivity index (χ2n) is 5.62. The van der Waals surface area contributed by atoms with E-state index in [9.17, 15) is 8.42 Å². The molecule has 1 N–H and O–H groups in total. The Kier molecular flexibility index (Phi) is 5.88. The third-order valence-electron chi connectivity index (χ3n) is 3.52. The van der Waals surface area contributed by atoms with Crippen molar-refractivity contribution in [2.45, 2.75) is 12.3 Å². The number of pyridine rings is 1. The first-order valence-corrected chi connectivity index (χ1v) is 9.93. The first-order chi connectivity index (χ1) is 12.5. The maximum Gasteiger partial charge on any atom is 0.219 e. The van der Waals surface area contributed by atoms with Crippen molar-refractivity contribution in [2.24, 2.45) is 0 Å². The summed E-state index contributed by atoms with van der Waals surface area (Å²) in [5.74, 6) is 0.972. The Morgan fingerprint density at radius 1 is 0.962 bits per heavy atom. The molecule has 0 atom stereocenters. The van der Waals surface area contributed by atoms with Crippen molar-refractivity contribution in [3.05, 3.63) is 89.1 Å². The predicted octanol–water partition coefficient (Wildman–Crippen LogP) is 4.15. The van der Waals surface area contributed by atoms with Crippen molar-refractivity contribution >= 4 is 21.6 Å². The molecule has 0 fully saturated rings. The summed E-state index contributed by atoms with van der Waals surface area (Å²) < 4.78 is 32.8. The number of aromatic nitrogens is 1. The lowest BCUT2D eigenvalue weighted by molar-refractivity contribution is 0.462. The number of rotatable bonds is 7. The van der Waals surface area contributed by atoms with Crippen LogP contribution in [0.4, 0.5) is 0 Å². The van der Waals surface area contributed by atoms with Crippen LogP contribution in [0.5, 0.6) is 11.6 Å². The molecule has 2 aromatic carbocycles. The van der Waals surface area contributed by atoms with Crippen LogP contribution in [0.15, 0.2) is 72.9 Å². The lowest BCUT2D eigenvalue weighted by atomic mass is 10.2. The van der Waals surface area contributed by atoms with Gasteiger partial charge in [0.25, 0.3) is 0 Å². The molecule has 0 saturated carbocycles. The van der Waals surface area contributed by atoms with Gasteiger partial charge in [0.2, 0.25) is 15.9 Å². The molecule has 0 saturated heterocycles. The highest BCUT2D eigenvalue weighted by Crippen LogP contribution is 2.20. The zero-order valence-corrected chi connectivity index (χ0v) is 15.4. The fourth-order valence-electron chi connectivity index (χ4n) is 2.29. The van der Waals surface area contributed by atoms with E-state index in [0.717, 1.165) is 5.56 Å². The minimum atomic E-state index is -3.46. The highest BCUT2D eigenvalue weighted by Gasteiger charge is 2.11. The van der Waals surface area contributed by atoms with Crippen LogP contribution in [-0.2, 0) is 22.3 Å². The van der Waals surface area contributed by atoms with Crippen molar-refractivity contribution in [1.82, 2.24) is 9.71 Å². The van der Waals surface area contributed by atoms with E-state index in [1.165, 1.54) is 0 Å². The number of nitrogens with zero attached hydrogens (tertiary/aromatic N) is 1. The summed E-state index contributed by atoms with van der Waals surface area (Å²) in [5, 5.41) is 0.573. The monoisotopic (exact) mass is 388 g/mol. The molecular formula is C19H17ClN2O3S. The molecule has 0 amide bonds. The van der Waals surface area contributed by atoms with Crippen LogP contribution in [0.2, 0.25) is 5.02 Å². The average molecular weight is 389 g/mol. The van der Waals surface area contributed by atoms with Gasteiger partial charge in [0.05, 0.1) is 5.75 Å². The Morgan fingerprint density at radius 3 is 2.50 bits per heavy atom. The van der Waals surface area contributed by atoms with Gasteiger partial charge in [0.1, 0.15) is 5.75 Å². The van der Waals surface area contributed by atoms with Crippen molar-refractivity contribution in [2.75, 3.05) is 0 Å². The molecule has 3 rings (SSSR count). The number of hydrogen-bond acceptors (Lipinski definition) is 4. The maximum atomic E-state index is 12.2. The van der Waals surface area contributed by atoms with Gasteiger partial charge in [0, 0.05) is 23.8 Å². The molecule has 0 aliphatic carbocycles. The Labute approximate surface area is 157 Å². The lowest BCUT2D eigenvalue weighted by Gasteiger charge is -2.09. The first kappa shape index (κ1) is 18.4. The topological polar surface area (TPSA) is 68.3 Å². The molecule has 0 aliphatic heterocycles. The average Bonchev–Trinajstić information content (AvgIpc) is 2.63. The summed E-state index contributed by atoms with van der Waals surface area (Å²) in [4.78, 5) is 4.10. The summed E-state index contributed by atoms with van der Waals surface area (Å²) >= 11 is 5.82. The fourth-order valence-corrected chi connectivity index (χ4v) is 3.54. The van der Waals surface area contributed by atoms with Gasteiger partial charge >= 0.3 is 0 Å². The minimum Gasteiger partial charge on any atom is -0.439 e. The highest BCUT2D eigenvalue weighted by molar-refractivity contribution is 7.88. The molecule has 0 unspecified atom stereocenters. The molecule has 3 aromatic rings. The molecule has 134 valence electrons. The van der Waals surface area contributed by atoms with Crippen LogP contribution >= 0.6 is 11.6 Å². The Morgan fingerprint density at radius 2 is 1.77 bits per heavy atom. The highest BCUT2D eigenvalue weighted by atomic mass is 35.5. The van der Waals surface area contributed by atoms with Gasteiger partial charge in [-0.05, 0) is 41.5 Å². The minimum absolute atomic E-state index is 0.103. The predicted molar refractivity (Wildman–Crippen MR) is 102 cm³/mol. The molecular weight excluding hydrogens is 372 g/mol. The standard InChI is InChI=1S/C19H17ClN2O3S/c20-17-9-7-15(8-10-17)14-26(23,24)22-13-16-4-3-5-18(12-16)25-19-6-1-2-11-21-19/h1-12,22H,13-14H2. The Hall–Kier alpha value is -2.41. The maximum absolute atomic E-state index is 12.2. The summed E-state index contributed by atoms with van der Waals surface area (Å²) in [6.45, 7) is 0.176. The van der Waals surface area contributed by atoms with Gasteiger partial charge in [-0.3, -0.25) is 0 Å². The zero-order valence-electron chi connectivity index (χ0n) is 13.8. The van der Waals surface area contributed by atoms with E-state index < -0.39 is 10.0 Å². The van der Waals surface area contributed by atoms with Crippen molar-refractivity contribution in [3.63, 3.8) is 0 Å². The van der Waals surface area contributed by atoms with Gasteiger partial charge in [-0.15, -0.1) is 0 Å². The molecule has 0 radical (unpaired) electrons. The van der Waals surface area contributed by atoms with Gasteiger partial charge in [-0.1, -0.05) is 41.9 Å². The van der Waals surface area contributed by atoms with Crippen LogP contribution < -0.4 is 9.46 Å². The van der Waals surface area contributed by atoms with Gasteiger partial charge < -0.3 is 4.74 Å². The third-order valence-corrected chi connectivity index (χ3v) is 5.07. The quantitative estimate of drug-likeness (QED) is 0.660. The second-order valence-corrected chi connectivity index (χ2v) is 7.87. The molecule has 1 aromatic heterocycles. The van der Waals surface area contributed by atoms with E-state index in [4.69, 9.17) is 16.3 Å². The molecule has 0 aliphatic rings. The van der Waals surface area contributed by atoms with Crippen LogP contribution in [-0.4, -0.2) is 13.4 Å². The van der Waals surface area contributed by atoms with Crippen molar-refractivity contribution in [1.29, 1.82) is 0 Å². The molecule has 7 heteroatoms.